The van der Waals surface area contributed by atoms with Crippen molar-refractivity contribution >= 4 is 34.6 Å². The molecule has 3 aromatic carbocycles. The highest BCUT2D eigenvalue weighted by Gasteiger charge is 2.37. The van der Waals surface area contributed by atoms with Crippen LogP contribution in [-0.2, 0) is 21.8 Å². The van der Waals surface area contributed by atoms with Gasteiger partial charge >= 0.3 is 5.97 Å². The van der Waals surface area contributed by atoms with Crippen molar-refractivity contribution in [3.63, 3.8) is 0 Å². The van der Waals surface area contributed by atoms with E-state index in [2.05, 4.69) is 40.3 Å². The van der Waals surface area contributed by atoms with Crippen LogP contribution in [0.25, 0.3) is 10.9 Å². The first-order valence-electron chi connectivity index (χ1n) is 13.5. The van der Waals surface area contributed by atoms with Crippen LogP contribution in [0.15, 0.2) is 101 Å². The number of carbonyl (C=O) groups is 1. The highest BCUT2D eigenvalue weighted by molar-refractivity contribution is 7.98. The molecule has 208 valence electrons. The molecule has 5 aromatic rings. The number of carbonyl (C=O) groups excluding carboxylic acids is 1. The molecule has 1 N–H and O–H groups in total. The summed E-state index contributed by atoms with van der Waals surface area (Å²) in [5, 5.41) is 9.59. The molecule has 0 saturated carbocycles. The van der Waals surface area contributed by atoms with Crippen molar-refractivity contribution in [1.29, 1.82) is 0 Å². The van der Waals surface area contributed by atoms with Crippen LogP contribution in [-0.4, -0.2) is 31.4 Å². The molecule has 7 nitrogen and oxygen atoms in total. The van der Waals surface area contributed by atoms with Gasteiger partial charge in [0.25, 0.3) is 0 Å². The van der Waals surface area contributed by atoms with Crippen molar-refractivity contribution in [1.82, 2.24) is 19.3 Å². The third kappa shape index (κ3) is 5.37. The van der Waals surface area contributed by atoms with E-state index >= 15 is 0 Å². The molecule has 1 atom stereocenters. The Morgan fingerprint density at radius 1 is 1.05 bits per heavy atom. The van der Waals surface area contributed by atoms with Gasteiger partial charge in [0.2, 0.25) is 11.1 Å². The molecule has 3 heterocycles. The second kappa shape index (κ2) is 11.2. The molecule has 9 heteroatoms. The lowest BCUT2D eigenvalue weighted by atomic mass is 9.95. The summed E-state index contributed by atoms with van der Waals surface area (Å²) in [7, 11) is 0. The maximum absolute atomic E-state index is 14.3. The van der Waals surface area contributed by atoms with Crippen molar-refractivity contribution in [2.24, 2.45) is 0 Å². The van der Waals surface area contributed by atoms with Gasteiger partial charge in [-0.3, -0.25) is 0 Å². The number of halogens is 1. The Labute approximate surface area is 242 Å². The predicted molar refractivity (Wildman–Crippen MR) is 159 cm³/mol. The normalized spacial score (nSPS) is 14.8. The van der Waals surface area contributed by atoms with Crippen LogP contribution in [0.2, 0.25) is 0 Å². The second-order valence-corrected chi connectivity index (χ2v) is 11.2. The van der Waals surface area contributed by atoms with Crippen molar-refractivity contribution in [3.05, 3.63) is 119 Å². The first kappa shape index (κ1) is 26.8. The molecule has 0 saturated heterocycles. The van der Waals surface area contributed by atoms with Gasteiger partial charge in [-0.15, -0.1) is 5.10 Å². The summed E-state index contributed by atoms with van der Waals surface area (Å²) in [5.74, 6) is 0.231. The number of benzene rings is 3. The largest absolute Gasteiger partial charge is 0.459 e. The predicted octanol–water partition coefficient (Wildman–Crippen LogP) is 6.95. The Kier molecular flexibility index (Phi) is 7.36. The van der Waals surface area contributed by atoms with E-state index in [-0.39, 0.29) is 11.9 Å². The number of rotatable bonds is 8. The summed E-state index contributed by atoms with van der Waals surface area (Å²) < 4.78 is 23.9. The minimum absolute atomic E-state index is 0.262. The fraction of sp³-hybridized carbons (Fsp3) is 0.219. The van der Waals surface area contributed by atoms with E-state index in [1.807, 2.05) is 57.2 Å². The molecule has 0 amide bonds. The smallest absolute Gasteiger partial charge is 0.338 e. The number of esters is 1. The van der Waals surface area contributed by atoms with E-state index in [0.717, 1.165) is 16.5 Å². The minimum atomic E-state index is -0.574. The van der Waals surface area contributed by atoms with Crippen LogP contribution in [0.4, 0.5) is 10.3 Å². The lowest BCUT2D eigenvalue weighted by Gasteiger charge is -2.28. The van der Waals surface area contributed by atoms with Gasteiger partial charge in [-0.05, 0) is 44.0 Å². The lowest BCUT2D eigenvalue weighted by molar-refractivity contribution is -0.143. The number of aromatic nitrogens is 4. The molecule has 41 heavy (non-hydrogen) atoms. The molecular formula is C32H30FN5O2S. The molecule has 1 aliphatic rings. The number of nitrogens with zero attached hydrogens (tertiary/aromatic N) is 4. The summed E-state index contributed by atoms with van der Waals surface area (Å²) >= 11 is 1.35. The van der Waals surface area contributed by atoms with Crippen molar-refractivity contribution in [3.8, 4) is 0 Å². The highest BCUT2D eigenvalue weighted by atomic mass is 32.2. The van der Waals surface area contributed by atoms with Crippen molar-refractivity contribution in [2.45, 2.75) is 50.4 Å². The Hall–Kier alpha value is -4.37. The summed E-state index contributed by atoms with van der Waals surface area (Å²) in [4.78, 5) is 18.3. The quantitative estimate of drug-likeness (QED) is 0.162. The molecule has 0 aliphatic carbocycles. The maximum atomic E-state index is 14.3. The number of hydrogen-bond donors (Lipinski definition) is 1. The topological polar surface area (TPSA) is 74.0 Å². The fourth-order valence-corrected chi connectivity index (χ4v) is 6.00. The standard InChI is InChI=1S/C32H30FN5O2S/c1-20(2)40-30(39)28-21(3)34-31-35-32(41-19-23-13-7-9-15-26(23)33)36-38(31)29(28)25-18-37(17-22-11-5-4-6-12-22)27-16-10-8-14-24(25)27/h4-16,18,20,29H,17,19H2,1-3H3,(H,34,35,36). The zero-order valence-electron chi connectivity index (χ0n) is 23.0. The van der Waals surface area contributed by atoms with Gasteiger partial charge in [0.05, 0.1) is 11.7 Å². The Balaban J connectivity index is 1.45. The van der Waals surface area contributed by atoms with Gasteiger partial charge in [0.15, 0.2) is 0 Å². The van der Waals surface area contributed by atoms with E-state index in [9.17, 15) is 9.18 Å². The molecule has 0 fully saturated rings. The van der Waals surface area contributed by atoms with Crippen LogP contribution in [0.3, 0.4) is 0 Å². The average Bonchev–Trinajstić information content (AvgIpc) is 3.53. The van der Waals surface area contributed by atoms with Crippen LogP contribution in [0.5, 0.6) is 0 Å². The van der Waals surface area contributed by atoms with Gasteiger partial charge in [-0.1, -0.05) is 78.5 Å². The van der Waals surface area contributed by atoms with Crippen LogP contribution >= 0.6 is 11.8 Å². The van der Waals surface area contributed by atoms with Gasteiger partial charge in [-0.25, -0.2) is 13.9 Å². The number of ether oxygens (including phenoxy) is 1. The monoisotopic (exact) mass is 567 g/mol. The second-order valence-electron chi connectivity index (χ2n) is 10.3. The number of allylic oxidation sites excluding steroid dienone is 1. The molecule has 1 aliphatic heterocycles. The molecule has 0 bridgehead atoms. The number of anilines is 1. The zero-order valence-corrected chi connectivity index (χ0v) is 23.9. The molecule has 0 radical (unpaired) electrons. The number of thioether (sulfide) groups is 1. The number of hydrogen-bond acceptors (Lipinski definition) is 6. The SMILES string of the molecule is CC1=C(C(=O)OC(C)C)C(c2cn(Cc3ccccc3)c3ccccc23)n2nc(SCc3ccccc3F)nc2N1. The van der Waals surface area contributed by atoms with Gasteiger partial charge in [-0.2, -0.15) is 4.98 Å². The van der Waals surface area contributed by atoms with Gasteiger partial charge in [0.1, 0.15) is 11.9 Å². The third-order valence-electron chi connectivity index (χ3n) is 7.02. The number of fused-ring (bicyclic) bond motifs is 2. The molecular weight excluding hydrogens is 537 g/mol. The Morgan fingerprint density at radius 2 is 1.78 bits per heavy atom. The maximum Gasteiger partial charge on any atom is 0.338 e. The van der Waals surface area contributed by atoms with Crippen LogP contribution in [0.1, 0.15) is 43.5 Å². The average molecular weight is 568 g/mol. The first-order chi connectivity index (χ1) is 19.9. The summed E-state index contributed by atoms with van der Waals surface area (Å²) in [5.41, 5.74) is 4.86. The van der Waals surface area contributed by atoms with Crippen LogP contribution in [0, 0.1) is 5.82 Å². The number of para-hydroxylation sites is 1. The van der Waals surface area contributed by atoms with Gasteiger partial charge in [0, 0.05) is 40.7 Å². The van der Waals surface area contributed by atoms with Gasteiger partial charge < -0.3 is 14.6 Å². The van der Waals surface area contributed by atoms with Crippen LogP contribution < -0.4 is 5.32 Å². The zero-order chi connectivity index (χ0) is 28.5. The summed E-state index contributed by atoms with van der Waals surface area (Å²) in [6.07, 6.45) is 1.81. The van der Waals surface area contributed by atoms with Crippen molar-refractivity contribution in [2.75, 3.05) is 5.32 Å². The van der Waals surface area contributed by atoms with Crippen molar-refractivity contribution < 1.29 is 13.9 Å². The van der Waals surface area contributed by atoms with E-state index in [4.69, 9.17) is 14.8 Å². The number of nitrogens with one attached hydrogen (secondary N) is 1. The lowest BCUT2D eigenvalue weighted by Crippen LogP contribution is -2.30. The Morgan fingerprint density at radius 3 is 2.56 bits per heavy atom. The van der Waals surface area contributed by atoms with E-state index in [0.29, 0.717) is 40.2 Å². The van der Waals surface area contributed by atoms with E-state index in [1.54, 1.807) is 16.8 Å². The third-order valence-corrected chi connectivity index (χ3v) is 7.91. The molecule has 2 aromatic heterocycles. The summed E-state index contributed by atoms with van der Waals surface area (Å²) in [6, 6.07) is 24.6. The fourth-order valence-electron chi connectivity index (χ4n) is 5.18. The highest BCUT2D eigenvalue weighted by Crippen LogP contribution is 2.40. The Bertz CT molecular complexity index is 1760. The molecule has 0 spiro atoms. The summed E-state index contributed by atoms with van der Waals surface area (Å²) in [6.45, 7) is 6.21. The molecule has 6 rings (SSSR count). The minimum Gasteiger partial charge on any atom is -0.459 e. The van der Waals surface area contributed by atoms with E-state index < -0.39 is 12.0 Å². The van der Waals surface area contributed by atoms with E-state index in [1.165, 1.54) is 23.4 Å². The first-order valence-corrected chi connectivity index (χ1v) is 14.5. The molecule has 1 unspecified atom stereocenters.